The summed E-state index contributed by atoms with van der Waals surface area (Å²) in [4.78, 5) is 15.6. The second kappa shape index (κ2) is 12.1. The van der Waals surface area contributed by atoms with Crippen LogP contribution in [0.1, 0.15) is 53.9 Å². The lowest BCUT2D eigenvalue weighted by atomic mass is 10.1. The summed E-state index contributed by atoms with van der Waals surface area (Å²) in [7, 11) is 1.69. The van der Waals surface area contributed by atoms with Crippen molar-refractivity contribution in [2.75, 3.05) is 20.1 Å². The van der Waals surface area contributed by atoms with E-state index in [4.69, 9.17) is 4.74 Å². The molecule has 0 spiro atoms. The van der Waals surface area contributed by atoms with Gasteiger partial charge in [-0.15, -0.1) is 24.0 Å². The molecule has 0 aliphatic rings. The van der Waals surface area contributed by atoms with Crippen molar-refractivity contribution in [3.8, 4) is 0 Å². The molecule has 0 radical (unpaired) electrons. The maximum Gasteiger partial charge on any atom is 0.325 e. The van der Waals surface area contributed by atoms with E-state index >= 15 is 0 Å². The van der Waals surface area contributed by atoms with Crippen molar-refractivity contribution in [2.24, 2.45) is 10.9 Å². The third-order valence-corrected chi connectivity index (χ3v) is 2.54. The van der Waals surface area contributed by atoms with Crippen molar-refractivity contribution in [3.63, 3.8) is 0 Å². The molecule has 0 saturated carbocycles. The van der Waals surface area contributed by atoms with E-state index in [0.29, 0.717) is 5.96 Å². The fraction of sp³-hybridized carbons (Fsp3) is 0.867. The van der Waals surface area contributed by atoms with Crippen LogP contribution >= 0.6 is 24.0 Å². The highest BCUT2D eigenvalue weighted by molar-refractivity contribution is 14.0. The SMILES string of the molecule is CN=C(NCCCCC(C)C)NCC(=O)OC(C)(C)C.I. The van der Waals surface area contributed by atoms with Crippen molar-refractivity contribution in [1.82, 2.24) is 10.6 Å². The molecule has 0 rings (SSSR count). The highest BCUT2D eigenvalue weighted by Gasteiger charge is 2.16. The first-order valence-corrected chi connectivity index (χ1v) is 7.41. The van der Waals surface area contributed by atoms with Gasteiger partial charge in [0.1, 0.15) is 12.1 Å². The van der Waals surface area contributed by atoms with Crippen LogP contribution in [0, 0.1) is 5.92 Å². The number of hydrogen-bond acceptors (Lipinski definition) is 3. The highest BCUT2D eigenvalue weighted by Crippen LogP contribution is 2.06. The number of aliphatic imine (C=N–C) groups is 1. The van der Waals surface area contributed by atoms with Gasteiger partial charge in [0.15, 0.2) is 5.96 Å². The van der Waals surface area contributed by atoms with Crippen molar-refractivity contribution < 1.29 is 9.53 Å². The van der Waals surface area contributed by atoms with Crippen molar-refractivity contribution >= 4 is 35.9 Å². The zero-order chi connectivity index (χ0) is 15.6. The molecular formula is C15H32IN3O2. The first kappa shape index (κ1) is 22.7. The number of rotatable bonds is 7. The first-order chi connectivity index (χ1) is 9.24. The number of nitrogens with zero attached hydrogens (tertiary/aromatic N) is 1. The summed E-state index contributed by atoms with van der Waals surface area (Å²) >= 11 is 0. The van der Waals surface area contributed by atoms with E-state index in [9.17, 15) is 4.79 Å². The van der Waals surface area contributed by atoms with Gasteiger partial charge in [0.2, 0.25) is 0 Å². The highest BCUT2D eigenvalue weighted by atomic mass is 127. The summed E-state index contributed by atoms with van der Waals surface area (Å²) in [6, 6.07) is 0. The van der Waals surface area contributed by atoms with E-state index in [1.807, 2.05) is 20.8 Å². The smallest absolute Gasteiger partial charge is 0.325 e. The van der Waals surface area contributed by atoms with Gasteiger partial charge in [-0.2, -0.15) is 0 Å². The maximum atomic E-state index is 11.6. The topological polar surface area (TPSA) is 62.7 Å². The molecule has 0 atom stereocenters. The third-order valence-electron chi connectivity index (χ3n) is 2.54. The van der Waals surface area contributed by atoms with Crippen molar-refractivity contribution in [2.45, 2.75) is 59.5 Å². The second-order valence-electron chi connectivity index (χ2n) is 6.33. The largest absolute Gasteiger partial charge is 0.459 e. The van der Waals surface area contributed by atoms with E-state index in [1.165, 1.54) is 12.8 Å². The molecule has 6 heteroatoms. The number of nitrogens with one attached hydrogen (secondary N) is 2. The number of unbranched alkanes of at least 4 members (excludes halogenated alkanes) is 1. The quantitative estimate of drug-likeness (QED) is 0.222. The summed E-state index contributed by atoms with van der Waals surface area (Å²) in [6.45, 7) is 11.0. The average Bonchev–Trinajstić information content (AvgIpc) is 2.30. The number of carbonyl (C=O) groups excluding carboxylic acids is 1. The normalized spacial score (nSPS) is 11.9. The van der Waals surface area contributed by atoms with Gasteiger partial charge in [0, 0.05) is 13.6 Å². The number of carbonyl (C=O) groups is 1. The van der Waals surface area contributed by atoms with Crippen LogP contribution in [0.5, 0.6) is 0 Å². The first-order valence-electron chi connectivity index (χ1n) is 7.41. The Kier molecular flexibility index (Phi) is 13.1. The summed E-state index contributed by atoms with van der Waals surface area (Å²) in [5.41, 5.74) is -0.452. The van der Waals surface area contributed by atoms with Gasteiger partial charge >= 0.3 is 5.97 Å². The Morgan fingerprint density at radius 3 is 2.29 bits per heavy atom. The predicted molar refractivity (Wildman–Crippen MR) is 99.3 cm³/mol. The minimum Gasteiger partial charge on any atom is -0.459 e. The van der Waals surface area contributed by atoms with Gasteiger partial charge in [-0.3, -0.25) is 9.79 Å². The zero-order valence-corrected chi connectivity index (χ0v) is 16.6. The lowest BCUT2D eigenvalue weighted by Crippen LogP contribution is -2.42. The average molecular weight is 413 g/mol. The van der Waals surface area contributed by atoms with Crippen LogP contribution in [-0.4, -0.2) is 37.7 Å². The Hall–Kier alpha value is -0.530. The Balaban J connectivity index is 0. The summed E-state index contributed by atoms with van der Waals surface area (Å²) in [6.07, 6.45) is 3.55. The van der Waals surface area contributed by atoms with E-state index in [1.54, 1.807) is 7.05 Å². The maximum absolute atomic E-state index is 11.6. The van der Waals surface area contributed by atoms with Crippen LogP contribution < -0.4 is 10.6 Å². The fourth-order valence-corrected chi connectivity index (χ4v) is 1.64. The van der Waals surface area contributed by atoms with Crippen molar-refractivity contribution in [1.29, 1.82) is 0 Å². The standard InChI is InChI=1S/C15H31N3O2.HI/c1-12(2)9-7-8-10-17-14(16-6)18-11-13(19)20-15(3,4)5;/h12H,7-11H2,1-6H3,(H2,16,17,18);1H. The number of halogens is 1. The van der Waals surface area contributed by atoms with E-state index in [2.05, 4.69) is 29.5 Å². The Morgan fingerprint density at radius 2 is 1.81 bits per heavy atom. The van der Waals surface area contributed by atoms with E-state index in [-0.39, 0.29) is 36.5 Å². The molecule has 0 aromatic carbocycles. The van der Waals surface area contributed by atoms with Crippen LogP contribution in [0.15, 0.2) is 4.99 Å². The van der Waals surface area contributed by atoms with Crippen molar-refractivity contribution in [3.05, 3.63) is 0 Å². The molecule has 0 unspecified atom stereocenters. The minimum atomic E-state index is -0.452. The van der Waals surface area contributed by atoms with Gasteiger partial charge < -0.3 is 15.4 Å². The molecular weight excluding hydrogens is 381 g/mol. The lowest BCUT2D eigenvalue weighted by molar-refractivity contribution is -0.153. The Morgan fingerprint density at radius 1 is 1.19 bits per heavy atom. The van der Waals surface area contributed by atoms with Gasteiger partial charge in [-0.1, -0.05) is 26.7 Å². The van der Waals surface area contributed by atoms with Gasteiger partial charge in [0.05, 0.1) is 0 Å². The lowest BCUT2D eigenvalue weighted by Gasteiger charge is -2.20. The Labute approximate surface area is 146 Å². The molecule has 0 aromatic rings. The molecule has 2 N–H and O–H groups in total. The van der Waals surface area contributed by atoms with E-state index in [0.717, 1.165) is 18.9 Å². The molecule has 0 aliphatic carbocycles. The number of guanidine groups is 1. The molecule has 0 fully saturated rings. The van der Waals surface area contributed by atoms with E-state index < -0.39 is 5.60 Å². The number of ether oxygens (including phenoxy) is 1. The molecule has 21 heavy (non-hydrogen) atoms. The summed E-state index contributed by atoms with van der Waals surface area (Å²) in [5.74, 6) is 1.11. The van der Waals surface area contributed by atoms with Gasteiger partial charge in [-0.25, -0.2) is 0 Å². The van der Waals surface area contributed by atoms with Gasteiger partial charge in [0.25, 0.3) is 0 Å². The number of hydrogen-bond donors (Lipinski definition) is 2. The second-order valence-corrected chi connectivity index (χ2v) is 6.33. The van der Waals surface area contributed by atoms with Crippen LogP contribution in [0.3, 0.4) is 0 Å². The Bertz CT molecular complexity index is 313. The molecule has 0 amide bonds. The summed E-state index contributed by atoms with van der Waals surface area (Å²) < 4.78 is 5.22. The van der Waals surface area contributed by atoms with Gasteiger partial charge in [-0.05, 0) is 33.1 Å². The fourth-order valence-electron chi connectivity index (χ4n) is 1.64. The van der Waals surface area contributed by atoms with Crippen LogP contribution in [0.25, 0.3) is 0 Å². The molecule has 0 aliphatic heterocycles. The van der Waals surface area contributed by atoms with Crippen LogP contribution in [-0.2, 0) is 9.53 Å². The molecule has 0 heterocycles. The molecule has 0 saturated heterocycles. The van der Waals surface area contributed by atoms with Crippen LogP contribution in [0.2, 0.25) is 0 Å². The number of esters is 1. The molecule has 126 valence electrons. The molecule has 0 aromatic heterocycles. The predicted octanol–water partition coefficient (Wildman–Crippen LogP) is 2.94. The summed E-state index contributed by atoms with van der Waals surface area (Å²) in [5, 5.41) is 6.15. The minimum absolute atomic E-state index is 0. The van der Waals surface area contributed by atoms with Crippen LogP contribution in [0.4, 0.5) is 0 Å². The zero-order valence-electron chi connectivity index (χ0n) is 14.3. The monoisotopic (exact) mass is 413 g/mol. The molecule has 0 bridgehead atoms. The molecule has 5 nitrogen and oxygen atoms in total. The third kappa shape index (κ3) is 15.7.